The van der Waals surface area contributed by atoms with Crippen molar-refractivity contribution in [3.63, 3.8) is 0 Å². The molecule has 3 heterocycles. The third-order valence-corrected chi connectivity index (χ3v) is 3.95. The van der Waals surface area contributed by atoms with E-state index in [2.05, 4.69) is 16.0 Å². The third-order valence-electron chi connectivity index (χ3n) is 3.95. The van der Waals surface area contributed by atoms with E-state index < -0.39 is 11.6 Å². The number of likely N-dealkylation sites (tertiary alicyclic amines) is 1. The molecule has 3 aliphatic heterocycles. The first-order valence-electron chi connectivity index (χ1n) is 6.26. The van der Waals surface area contributed by atoms with Gasteiger partial charge in [-0.25, -0.2) is 4.79 Å². The fraction of sp³-hybridized carbons (Fsp3) is 0.727. The molecule has 0 radical (unpaired) electrons. The van der Waals surface area contributed by atoms with Crippen molar-refractivity contribution in [2.45, 2.75) is 30.8 Å². The standard InChI is InChI=1S/C11H16N4O3/c16-8(7-2-1-4-12-7)15-5-3-11(6-15)9(17)13-10(18)14-11/h7,12H,1-6H2,(H2,13,14,17,18). The number of nitrogens with one attached hydrogen (secondary N) is 3. The number of urea groups is 1. The molecule has 0 aliphatic carbocycles. The molecule has 1 spiro atoms. The van der Waals surface area contributed by atoms with Crippen molar-refractivity contribution in [3.05, 3.63) is 0 Å². The summed E-state index contributed by atoms with van der Waals surface area (Å²) in [6.45, 7) is 1.67. The lowest BCUT2D eigenvalue weighted by Gasteiger charge is -2.23. The normalized spacial score (nSPS) is 35.1. The molecule has 0 aromatic heterocycles. The molecule has 7 nitrogen and oxygen atoms in total. The fourth-order valence-electron chi connectivity index (χ4n) is 2.93. The first kappa shape index (κ1) is 11.5. The molecule has 3 saturated heterocycles. The van der Waals surface area contributed by atoms with Gasteiger partial charge in [0, 0.05) is 6.54 Å². The zero-order valence-corrected chi connectivity index (χ0v) is 9.99. The van der Waals surface area contributed by atoms with Gasteiger partial charge in [0.2, 0.25) is 5.91 Å². The molecule has 0 bridgehead atoms. The molecule has 18 heavy (non-hydrogen) atoms. The van der Waals surface area contributed by atoms with Crippen LogP contribution in [0.5, 0.6) is 0 Å². The van der Waals surface area contributed by atoms with Gasteiger partial charge in [0.05, 0.1) is 12.6 Å². The molecule has 0 aromatic carbocycles. The van der Waals surface area contributed by atoms with Gasteiger partial charge < -0.3 is 15.5 Å². The quantitative estimate of drug-likeness (QED) is 0.498. The largest absolute Gasteiger partial charge is 0.338 e. The summed E-state index contributed by atoms with van der Waals surface area (Å²) in [5.74, 6) is -0.277. The van der Waals surface area contributed by atoms with Gasteiger partial charge in [0.1, 0.15) is 5.54 Å². The van der Waals surface area contributed by atoms with Crippen LogP contribution in [-0.4, -0.2) is 54.0 Å². The molecular weight excluding hydrogens is 236 g/mol. The number of imide groups is 1. The third kappa shape index (κ3) is 1.66. The lowest BCUT2D eigenvalue weighted by molar-refractivity contribution is -0.132. The van der Waals surface area contributed by atoms with Crippen molar-refractivity contribution < 1.29 is 14.4 Å². The molecule has 3 rings (SSSR count). The maximum atomic E-state index is 12.2. The van der Waals surface area contributed by atoms with Crippen molar-refractivity contribution in [1.29, 1.82) is 0 Å². The molecule has 0 saturated carbocycles. The summed E-state index contributed by atoms with van der Waals surface area (Å²) in [5.41, 5.74) is -0.897. The van der Waals surface area contributed by atoms with Crippen molar-refractivity contribution in [3.8, 4) is 0 Å². The maximum absolute atomic E-state index is 12.2. The number of hydrogen-bond acceptors (Lipinski definition) is 4. The summed E-state index contributed by atoms with van der Waals surface area (Å²) >= 11 is 0. The maximum Gasteiger partial charge on any atom is 0.322 e. The van der Waals surface area contributed by atoms with Crippen molar-refractivity contribution in [2.75, 3.05) is 19.6 Å². The SMILES string of the molecule is O=C1NC(=O)C2(CCN(C(=O)C3CCCN3)C2)N1. The van der Waals surface area contributed by atoms with Crippen LogP contribution in [0.1, 0.15) is 19.3 Å². The summed E-state index contributed by atoms with van der Waals surface area (Å²) in [6, 6.07) is -0.589. The molecule has 3 aliphatic rings. The second-order valence-corrected chi connectivity index (χ2v) is 5.15. The summed E-state index contributed by atoms with van der Waals surface area (Å²) in [4.78, 5) is 36.8. The molecule has 3 fully saturated rings. The van der Waals surface area contributed by atoms with Crippen LogP contribution < -0.4 is 16.0 Å². The Kier molecular flexibility index (Phi) is 2.51. The topological polar surface area (TPSA) is 90.5 Å². The van der Waals surface area contributed by atoms with E-state index in [1.165, 1.54) is 0 Å². The molecule has 0 aromatic rings. The van der Waals surface area contributed by atoms with Gasteiger partial charge in [0.15, 0.2) is 0 Å². The highest BCUT2D eigenvalue weighted by atomic mass is 16.2. The highest BCUT2D eigenvalue weighted by molar-refractivity contribution is 6.07. The van der Waals surface area contributed by atoms with Crippen molar-refractivity contribution >= 4 is 17.8 Å². The Balaban J connectivity index is 1.69. The first-order chi connectivity index (χ1) is 8.61. The van der Waals surface area contributed by atoms with Crippen LogP contribution in [0.15, 0.2) is 0 Å². The number of amides is 4. The van der Waals surface area contributed by atoms with Gasteiger partial charge >= 0.3 is 6.03 Å². The average Bonchev–Trinajstić information content (AvgIpc) is 3.01. The van der Waals surface area contributed by atoms with E-state index >= 15 is 0 Å². The van der Waals surface area contributed by atoms with Gasteiger partial charge in [0.25, 0.3) is 5.91 Å². The zero-order chi connectivity index (χ0) is 12.8. The minimum absolute atomic E-state index is 0.0401. The van der Waals surface area contributed by atoms with Gasteiger partial charge in [-0.15, -0.1) is 0 Å². The number of rotatable bonds is 1. The Morgan fingerprint density at radius 3 is 2.83 bits per heavy atom. The number of hydrogen-bond donors (Lipinski definition) is 3. The van der Waals surface area contributed by atoms with E-state index in [0.29, 0.717) is 13.0 Å². The molecule has 4 amide bonds. The smallest absolute Gasteiger partial charge is 0.322 e. The number of carbonyl (C=O) groups excluding carboxylic acids is 3. The minimum atomic E-state index is -0.897. The van der Waals surface area contributed by atoms with Crippen LogP contribution in [0.25, 0.3) is 0 Å². The number of nitrogens with zero attached hydrogens (tertiary/aromatic N) is 1. The van der Waals surface area contributed by atoms with E-state index in [4.69, 9.17) is 0 Å². The van der Waals surface area contributed by atoms with Crippen molar-refractivity contribution in [1.82, 2.24) is 20.9 Å². The summed E-state index contributed by atoms with van der Waals surface area (Å²) < 4.78 is 0. The van der Waals surface area contributed by atoms with Crippen molar-refractivity contribution in [2.24, 2.45) is 0 Å². The Hall–Kier alpha value is -1.63. The Morgan fingerprint density at radius 1 is 1.39 bits per heavy atom. The van der Waals surface area contributed by atoms with Crippen LogP contribution in [-0.2, 0) is 9.59 Å². The predicted molar refractivity (Wildman–Crippen MR) is 61.6 cm³/mol. The second-order valence-electron chi connectivity index (χ2n) is 5.15. The van der Waals surface area contributed by atoms with Crippen LogP contribution in [0, 0.1) is 0 Å². The Labute approximate surface area is 104 Å². The first-order valence-corrected chi connectivity index (χ1v) is 6.26. The van der Waals surface area contributed by atoms with Crippen LogP contribution in [0.3, 0.4) is 0 Å². The lowest BCUT2D eigenvalue weighted by atomic mass is 9.99. The lowest BCUT2D eigenvalue weighted by Crippen LogP contribution is -2.51. The van der Waals surface area contributed by atoms with E-state index in [1.54, 1.807) is 4.90 Å². The minimum Gasteiger partial charge on any atom is -0.338 e. The van der Waals surface area contributed by atoms with Crippen LogP contribution >= 0.6 is 0 Å². The summed E-state index contributed by atoms with van der Waals surface area (Å²) in [7, 11) is 0. The monoisotopic (exact) mass is 252 g/mol. The van der Waals surface area contributed by atoms with Gasteiger partial charge in [-0.2, -0.15) is 0 Å². The molecule has 3 N–H and O–H groups in total. The average molecular weight is 252 g/mol. The zero-order valence-electron chi connectivity index (χ0n) is 9.99. The highest BCUT2D eigenvalue weighted by Crippen LogP contribution is 2.25. The van der Waals surface area contributed by atoms with Crippen LogP contribution in [0.4, 0.5) is 4.79 Å². The van der Waals surface area contributed by atoms with E-state index in [-0.39, 0.29) is 24.4 Å². The van der Waals surface area contributed by atoms with Gasteiger partial charge in [-0.1, -0.05) is 0 Å². The van der Waals surface area contributed by atoms with Gasteiger partial charge in [-0.05, 0) is 25.8 Å². The van der Waals surface area contributed by atoms with E-state index in [0.717, 1.165) is 19.4 Å². The highest BCUT2D eigenvalue weighted by Gasteiger charge is 2.52. The molecule has 7 heteroatoms. The molecule has 2 unspecified atom stereocenters. The second kappa shape index (κ2) is 3.94. The van der Waals surface area contributed by atoms with Gasteiger partial charge in [-0.3, -0.25) is 14.9 Å². The molecular formula is C11H16N4O3. The Morgan fingerprint density at radius 2 is 2.22 bits per heavy atom. The van der Waals surface area contributed by atoms with E-state index in [1.807, 2.05) is 0 Å². The Bertz CT molecular complexity index is 419. The fourth-order valence-corrected chi connectivity index (χ4v) is 2.93. The molecule has 98 valence electrons. The predicted octanol–water partition coefficient (Wildman–Crippen LogP) is -1.45. The summed E-state index contributed by atoms with van der Waals surface area (Å²) in [6.07, 6.45) is 2.34. The molecule has 2 atom stereocenters. The van der Waals surface area contributed by atoms with E-state index in [9.17, 15) is 14.4 Å². The van der Waals surface area contributed by atoms with Crippen LogP contribution in [0.2, 0.25) is 0 Å². The summed E-state index contributed by atoms with van der Waals surface area (Å²) in [5, 5.41) is 8.03. The number of carbonyl (C=O) groups is 3.